The summed E-state index contributed by atoms with van der Waals surface area (Å²) in [6, 6.07) is 5.62. The zero-order chi connectivity index (χ0) is 16.6. The second kappa shape index (κ2) is 6.12. The van der Waals surface area contributed by atoms with Gasteiger partial charge in [0.15, 0.2) is 11.5 Å². The molecule has 3 heterocycles. The van der Waals surface area contributed by atoms with Crippen LogP contribution in [0.1, 0.15) is 19.0 Å². The van der Waals surface area contributed by atoms with E-state index in [-0.39, 0.29) is 11.1 Å². The quantitative estimate of drug-likeness (QED) is 0.684. The normalized spacial score (nSPS) is 11.2. The second-order valence-electron chi connectivity index (χ2n) is 5.47. The fraction of sp³-hybridized carbons (Fsp3) is 0.312. The number of halogens is 2. The molecule has 0 atom stereocenters. The number of nitrogens with zero attached hydrogens (tertiary/aromatic N) is 5. The summed E-state index contributed by atoms with van der Waals surface area (Å²) >= 11 is 5.91. The van der Waals surface area contributed by atoms with Crippen molar-refractivity contribution in [3.05, 3.63) is 41.2 Å². The first-order valence-electron chi connectivity index (χ1n) is 7.39. The third kappa shape index (κ3) is 2.74. The molecule has 23 heavy (non-hydrogen) atoms. The molecule has 0 aliphatic heterocycles. The van der Waals surface area contributed by atoms with E-state index in [1.165, 1.54) is 6.20 Å². The van der Waals surface area contributed by atoms with E-state index in [0.717, 1.165) is 12.2 Å². The van der Waals surface area contributed by atoms with Crippen LogP contribution in [0.3, 0.4) is 0 Å². The number of hydrogen-bond acceptors (Lipinski definition) is 4. The van der Waals surface area contributed by atoms with Gasteiger partial charge in [0.25, 0.3) is 0 Å². The summed E-state index contributed by atoms with van der Waals surface area (Å²) in [5.41, 5.74) is 0.983. The van der Waals surface area contributed by atoms with Crippen LogP contribution in [0.5, 0.6) is 0 Å². The summed E-state index contributed by atoms with van der Waals surface area (Å²) in [5.74, 6) is 1.09. The summed E-state index contributed by atoms with van der Waals surface area (Å²) in [7, 11) is 3.82. The first-order chi connectivity index (χ1) is 11.0. The highest BCUT2D eigenvalue weighted by atomic mass is 35.5. The van der Waals surface area contributed by atoms with Crippen molar-refractivity contribution in [3.8, 4) is 5.82 Å². The maximum Gasteiger partial charge on any atom is 0.224 e. The van der Waals surface area contributed by atoms with Gasteiger partial charge in [-0.25, -0.2) is 14.4 Å². The molecule has 0 aliphatic carbocycles. The van der Waals surface area contributed by atoms with Crippen molar-refractivity contribution in [3.63, 3.8) is 0 Å². The van der Waals surface area contributed by atoms with Gasteiger partial charge in [0.05, 0.1) is 11.1 Å². The van der Waals surface area contributed by atoms with Gasteiger partial charge < -0.3 is 4.90 Å². The summed E-state index contributed by atoms with van der Waals surface area (Å²) in [5, 5.41) is 0.443. The standard InChI is InChI=1S/C16H17ClFN5/c1-4-6-11-14(18)10-9-19-16(17)21-15(10)23(11)13-8-5-7-12(20-13)22(2)3/h5,7-9H,4,6H2,1-3H3. The highest BCUT2D eigenvalue weighted by Gasteiger charge is 2.20. The lowest BCUT2D eigenvalue weighted by Crippen LogP contribution is -2.12. The van der Waals surface area contributed by atoms with Crippen LogP contribution in [-0.2, 0) is 6.42 Å². The largest absolute Gasteiger partial charge is 0.363 e. The number of aromatic nitrogens is 4. The molecule has 7 heteroatoms. The van der Waals surface area contributed by atoms with Crippen molar-refractivity contribution in [2.75, 3.05) is 19.0 Å². The summed E-state index contributed by atoms with van der Waals surface area (Å²) in [4.78, 5) is 14.6. The minimum Gasteiger partial charge on any atom is -0.363 e. The van der Waals surface area contributed by atoms with Gasteiger partial charge in [-0.1, -0.05) is 19.4 Å². The Kier molecular flexibility index (Phi) is 4.17. The van der Waals surface area contributed by atoms with Crippen molar-refractivity contribution in [1.29, 1.82) is 0 Å². The maximum absolute atomic E-state index is 14.8. The highest BCUT2D eigenvalue weighted by molar-refractivity contribution is 6.28. The second-order valence-corrected chi connectivity index (χ2v) is 5.81. The van der Waals surface area contributed by atoms with Gasteiger partial charge in [-0.15, -0.1) is 0 Å². The third-order valence-electron chi connectivity index (χ3n) is 3.60. The minimum atomic E-state index is -0.310. The molecule has 0 unspecified atom stereocenters. The molecule has 0 aliphatic rings. The Hall–Kier alpha value is -2.21. The van der Waals surface area contributed by atoms with Crippen molar-refractivity contribution >= 4 is 28.5 Å². The lowest BCUT2D eigenvalue weighted by Gasteiger charge is -2.14. The van der Waals surface area contributed by atoms with E-state index in [0.29, 0.717) is 29.0 Å². The molecular formula is C16H17ClFN5. The molecule has 0 saturated heterocycles. The van der Waals surface area contributed by atoms with Crippen LogP contribution < -0.4 is 4.90 Å². The number of pyridine rings is 1. The van der Waals surface area contributed by atoms with E-state index in [1.807, 2.05) is 44.1 Å². The monoisotopic (exact) mass is 333 g/mol. The number of hydrogen-bond donors (Lipinski definition) is 0. The molecule has 3 rings (SSSR count). The maximum atomic E-state index is 14.8. The van der Waals surface area contributed by atoms with Gasteiger partial charge in [-0.3, -0.25) is 4.57 Å². The molecule has 0 spiro atoms. The first kappa shape index (κ1) is 15.7. The van der Waals surface area contributed by atoms with E-state index < -0.39 is 0 Å². The Labute approximate surface area is 138 Å². The first-order valence-corrected chi connectivity index (χ1v) is 7.76. The van der Waals surface area contributed by atoms with Crippen LogP contribution in [0.15, 0.2) is 24.4 Å². The van der Waals surface area contributed by atoms with Crippen LogP contribution in [0.2, 0.25) is 5.28 Å². The Morgan fingerprint density at radius 1 is 1.26 bits per heavy atom. The van der Waals surface area contributed by atoms with Crippen molar-refractivity contribution in [2.45, 2.75) is 19.8 Å². The minimum absolute atomic E-state index is 0.0862. The fourth-order valence-corrected chi connectivity index (χ4v) is 2.68. The summed E-state index contributed by atoms with van der Waals surface area (Å²) in [6.45, 7) is 2.00. The van der Waals surface area contributed by atoms with Gasteiger partial charge in [0, 0.05) is 20.3 Å². The third-order valence-corrected chi connectivity index (χ3v) is 3.79. The molecule has 0 fully saturated rings. The highest BCUT2D eigenvalue weighted by Crippen LogP contribution is 2.28. The predicted octanol–water partition coefficient (Wildman–Crippen LogP) is 3.63. The molecular weight excluding hydrogens is 317 g/mol. The van der Waals surface area contributed by atoms with Crippen LogP contribution in [0, 0.1) is 5.82 Å². The van der Waals surface area contributed by atoms with Crippen LogP contribution in [0.25, 0.3) is 16.9 Å². The molecule has 0 radical (unpaired) electrons. The van der Waals surface area contributed by atoms with Crippen molar-refractivity contribution in [2.24, 2.45) is 0 Å². The Bertz CT molecular complexity index is 859. The molecule has 0 N–H and O–H groups in total. The van der Waals surface area contributed by atoms with E-state index in [1.54, 1.807) is 4.57 Å². The Morgan fingerprint density at radius 3 is 2.74 bits per heavy atom. The molecule has 0 bridgehead atoms. The van der Waals surface area contributed by atoms with Crippen LogP contribution >= 0.6 is 11.6 Å². The topological polar surface area (TPSA) is 46.8 Å². The summed E-state index contributed by atoms with van der Waals surface area (Å²) in [6.07, 6.45) is 2.81. The molecule has 0 amide bonds. The van der Waals surface area contributed by atoms with Gasteiger partial charge in [0.1, 0.15) is 11.6 Å². The zero-order valence-corrected chi connectivity index (χ0v) is 14.0. The van der Waals surface area contributed by atoms with Crippen molar-refractivity contribution < 1.29 is 4.39 Å². The van der Waals surface area contributed by atoms with Crippen molar-refractivity contribution in [1.82, 2.24) is 19.5 Å². The number of fused-ring (bicyclic) bond motifs is 1. The molecule has 5 nitrogen and oxygen atoms in total. The molecule has 3 aromatic heterocycles. The average molecular weight is 334 g/mol. The van der Waals surface area contributed by atoms with Crippen LogP contribution in [0.4, 0.5) is 10.2 Å². The molecule has 0 saturated carbocycles. The SMILES string of the molecule is CCCc1c(F)c2cnc(Cl)nc2n1-c1cccc(N(C)C)n1. The van der Waals surface area contributed by atoms with E-state index in [4.69, 9.17) is 11.6 Å². The fourth-order valence-electron chi connectivity index (χ4n) is 2.55. The summed E-state index contributed by atoms with van der Waals surface area (Å²) < 4.78 is 16.5. The van der Waals surface area contributed by atoms with E-state index in [2.05, 4.69) is 15.0 Å². The van der Waals surface area contributed by atoms with Gasteiger partial charge in [-0.05, 0) is 30.2 Å². The van der Waals surface area contributed by atoms with E-state index in [9.17, 15) is 4.39 Å². The lowest BCUT2D eigenvalue weighted by molar-refractivity contribution is 0.608. The Balaban J connectivity index is 2.32. The number of rotatable bonds is 4. The predicted molar refractivity (Wildman–Crippen MR) is 90.0 cm³/mol. The average Bonchev–Trinajstić information content (AvgIpc) is 2.80. The van der Waals surface area contributed by atoms with Gasteiger partial charge in [-0.2, -0.15) is 4.98 Å². The van der Waals surface area contributed by atoms with Crippen LogP contribution in [-0.4, -0.2) is 33.6 Å². The lowest BCUT2D eigenvalue weighted by atomic mass is 10.2. The molecule has 120 valence electrons. The molecule has 0 aromatic carbocycles. The molecule has 3 aromatic rings. The van der Waals surface area contributed by atoms with Gasteiger partial charge in [0.2, 0.25) is 5.28 Å². The zero-order valence-electron chi connectivity index (χ0n) is 13.2. The number of anilines is 1. The van der Waals surface area contributed by atoms with Gasteiger partial charge >= 0.3 is 0 Å². The van der Waals surface area contributed by atoms with E-state index >= 15 is 0 Å². The smallest absolute Gasteiger partial charge is 0.224 e. The Morgan fingerprint density at radius 2 is 2.04 bits per heavy atom.